The van der Waals surface area contributed by atoms with Crippen molar-refractivity contribution in [2.24, 2.45) is 0 Å². The molecule has 4 rings (SSSR count). The fourth-order valence-corrected chi connectivity index (χ4v) is 3.89. The molecule has 0 saturated carbocycles. The van der Waals surface area contributed by atoms with Crippen LogP contribution in [0, 0.1) is 5.82 Å². The molecule has 1 saturated heterocycles. The lowest BCUT2D eigenvalue weighted by Crippen LogP contribution is -2.38. The van der Waals surface area contributed by atoms with Gasteiger partial charge in [0.25, 0.3) is 0 Å². The van der Waals surface area contributed by atoms with Gasteiger partial charge in [-0.3, -0.25) is 0 Å². The topological polar surface area (TPSA) is 58.5 Å². The van der Waals surface area contributed by atoms with Crippen LogP contribution in [0.5, 0.6) is 5.75 Å². The normalized spacial score (nSPS) is 14.8. The van der Waals surface area contributed by atoms with Gasteiger partial charge in [-0.2, -0.15) is 0 Å². The van der Waals surface area contributed by atoms with E-state index in [0.717, 1.165) is 48.4 Å². The molecule has 2 heterocycles. The Morgan fingerprint density at radius 2 is 2.06 bits per heavy atom. The number of urea groups is 1. The molecule has 1 aliphatic heterocycles. The van der Waals surface area contributed by atoms with Gasteiger partial charge in [0.2, 0.25) is 0 Å². The lowest BCUT2D eigenvalue weighted by Gasteiger charge is -2.18. The van der Waals surface area contributed by atoms with Gasteiger partial charge in [0, 0.05) is 48.3 Å². The van der Waals surface area contributed by atoms with Crippen molar-refractivity contribution < 1.29 is 13.9 Å². The summed E-state index contributed by atoms with van der Waals surface area (Å²) < 4.78 is 21.4. The van der Waals surface area contributed by atoms with E-state index in [0.29, 0.717) is 18.2 Å². The number of hydrogen-bond donors (Lipinski definition) is 2. The van der Waals surface area contributed by atoms with Gasteiger partial charge in [0.05, 0.1) is 18.3 Å². The monoisotopic (exact) mass is 444 g/mol. The minimum Gasteiger partial charge on any atom is -0.491 e. The molecule has 1 atom stereocenters. The first-order valence-electron chi connectivity index (χ1n) is 10.5. The first-order valence-corrected chi connectivity index (χ1v) is 10.8. The number of benzene rings is 2. The van der Waals surface area contributed by atoms with Gasteiger partial charge in [-0.25, -0.2) is 9.18 Å². The predicted octanol–water partition coefficient (Wildman–Crippen LogP) is 4.20. The summed E-state index contributed by atoms with van der Waals surface area (Å²) >= 11 is 6.22. The van der Waals surface area contributed by atoms with E-state index < -0.39 is 0 Å². The number of amides is 2. The van der Waals surface area contributed by atoms with E-state index in [1.807, 2.05) is 33.9 Å². The van der Waals surface area contributed by atoms with Crippen LogP contribution in [0.1, 0.15) is 13.3 Å². The first kappa shape index (κ1) is 21.5. The summed E-state index contributed by atoms with van der Waals surface area (Å²) in [4.78, 5) is 13.4. The third-order valence-electron chi connectivity index (χ3n) is 5.46. The van der Waals surface area contributed by atoms with Crippen LogP contribution in [0.25, 0.3) is 16.6 Å². The average molecular weight is 445 g/mol. The molecule has 1 unspecified atom stereocenters. The highest BCUT2D eigenvalue weighted by atomic mass is 35.5. The van der Waals surface area contributed by atoms with Crippen molar-refractivity contribution in [2.45, 2.75) is 19.4 Å². The van der Waals surface area contributed by atoms with E-state index in [2.05, 4.69) is 17.6 Å². The standard InChI is InChI=1S/C23H26ClFN4O2/c1-16(26-9-11-28-12-10-27-23(28)30)8-13-31-22-15-29(19-5-3-18(25)4-6-19)21-7-2-17(24)14-20(21)22/h2-7,14-16,26H,8-13H2,1H3,(H,27,30). The number of carbonyl (C=O) groups is 1. The minimum atomic E-state index is -0.272. The van der Waals surface area contributed by atoms with Gasteiger partial charge in [-0.05, 0) is 55.8 Å². The van der Waals surface area contributed by atoms with Crippen LogP contribution in [0.3, 0.4) is 0 Å². The maximum Gasteiger partial charge on any atom is 0.317 e. The van der Waals surface area contributed by atoms with E-state index in [1.54, 1.807) is 12.1 Å². The number of rotatable bonds is 9. The molecule has 8 heteroatoms. The fraction of sp³-hybridized carbons (Fsp3) is 0.348. The van der Waals surface area contributed by atoms with Crippen molar-refractivity contribution >= 4 is 28.5 Å². The minimum absolute atomic E-state index is 0.00833. The molecule has 0 spiro atoms. The number of hydrogen-bond acceptors (Lipinski definition) is 3. The Morgan fingerprint density at radius 3 is 2.81 bits per heavy atom. The van der Waals surface area contributed by atoms with E-state index in [-0.39, 0.29) is 17.9 Å². The van der Waals surface area contributed by atoms with Crippen LogP contribution >= 0.6 is 11.6 Å². The molecule has 1 aromatic heterocycles. The smallest absolute Gasteiger partial charge is 0.317 e. The quantitative estimate of drug-likeness (QED) is 0.520. The second-order valence-electron chi connectivity index (χ2n) is 7.71. The average Bonchev–Trinajstić information content (AvgIpc) is 3.32. The number of fused-ring (bicyclic) bond motifs is 1. The fourth-order valence-electron chi connectivity index (χ4n) is 3.72. The molecule has 31 heavy (non-hydrogen) atoms. The van der Waals surface area contributed by atoms with E-state index in [9.17, 15) is 9.18 Å². The Balaban J connectivity index is 1.37. The largest absolute Gasteiger partial charge is 0.491 e. The number of nitrogens with one attached hydrogen (secondary N) is 2. The van der Waals surface area contributed by atoms with Gasteiger partial charge in [0.15, 0.2) is 0 Å². The highest BCUT2D eigenvalue weighted by molar-refractivity contribution is 6.31. The molecule has 3 aromatic rings. The van der Waals surface area contributed by atoms with Crippen LogP contribution in [0.15, 0.2) is 48.7 Å². The van der Waals surface area contributed by atoms with Crippen LogP contribution in [-0.2, 0) is 0 Å². The zero-order valence-corrected chi connectivity index (χ0v) is 18.2. The van der Waals surface area contributed by atoms with E-state index in [4.69, 9.17) is 16.3 Å². The summed E-state index contributed by atoms with van der Waals surface area (Å²) in [6.45, 7) is 5.56. The summed E-state index contributed by atoms with van der Waals surface area (Å²) in [5, 5.41) is 7.79. The van der Waals surface area contributed by atoms with Gasteiger partial charge in [-0.15, -0.1) is 0 Å². The van der Waals surface area contributed by atoms with Crippen molar-refractivity contribution in [2.75, 3.05) is 32.8 Å². The van der Waals surface area contributed by atoms with Gasteiger partial charge >= 0.3 is 6.03 Å². The highest BCUT2D eigenvalue weighted by Gasteiger charge is 2.18. The van der Waals surface area contributed by atoms with Crippen molar-refractivity contribution in [3.63, 3.8) is 0 Å². The molecule has 1 aliphatic rings. The van der Waals surface area contributed by atoms with E-state index in [1.165, 1.54) is 12.1 Å². The summed E-state index contributed by atoms with van der Waals surface area (Å²) in [5.74, 6) is 0.467. The molecule has 0 radical (unpaired) electrons. The summed E-state index contributed by atoms with van der Waals surface area (Å²) in [7, 11) is 0. The molecule has 6 nitrogen and oxygen atoms in total. The first-order chi connectivity index (χ1) is 15.0. The highest BCUT2D eigenvalue weighted by Crippen LogP contribution is 2.33. The third-order valence-corrected chi connectivity index (χ3v) is 5.70. The van der Waals surface area contributed by atoms with Crippen molar-refractivity contribution in [1.82, 2.24) is 20.1 Å². The van der Waals surface area contributed by atoms with Crippen LogP contribution < -0.4 is 15.4 Å². The number of nitrogens with zero attached hydrogens (tertiary/aromatic N) is 2. The molecule has 0 aliphatic carbocycles. The number of aromatic nitrogens is 1. The molecule has 1 fully saturated rings. The Hall–Kier alpha value is -2.77. The molecule has 2 N–H and O–H groups in total. The summed E-state index contributed by atoms with van der Waals surface area (Å²) in [5.41, 5.74) is 1.80. The maximum atomic E-state index is 13.3. The van der Waals surface area contributed by atoms with Crippen molar-refractivity contribution in [3.8, 4) is 11.4 Å². The SMILES string of the molecule is CC(CCOc1cn(-c2ccc(F)cc2)c2ccc(Cl)cc12)NCCN1CCNC1=O. The zero-order chi connectivity index (χ0) is 21.8. The van der Waals surface area contributed by atoms with Crippen molar-refractivity contribution in [1.29, 1.82) is 0 Å². The molecular formula is C23H26ClFN4O2. The second kappa shape index (κ2) is 9.58. The summed E-state index contributed by atoms with van der Waals surface area (Å²) in [6.07, 6.45) is 2.73. The van der Waals surface area contributed by atoms with Gasteiger partial charge in [0.1, 0.15) is 11.6 Å². The molecule has 2 aromatic carbocycles. The lowest BCUT2D eigenvalue weighted by molar-refractivity contribution is 0.216. The van der Waals surface area contributed by atoms with Crippen molar-refractivity contribution in [3.05, 3.63) is 59.5 Å². The van der Waals surface area contributed by atoms with Crippen LogP contribution in [0.4, 0.5) is 9.18 Å². The lowest BCUT2D eigenvalue weighted by atomic mass is 10.2. The number of halogens is 2. The van der Waals surface area contributed by atoms with Crippen LogP contribution in [0.2, 0.25) is 5.02 Å². The summed E-state index contributed by atoms with van der Waals surface area (Å²) in [6, 6.07) is 12.3. The Kier molecular flexibility index (Phi) is 6.63. The molecule has 0 bridgehead atoms. The third kappa shape index (κ3) is 5.11. The molecule has 2 amide bonds. The Morgan fingerprint density at radius 1 is 1.26 bits per heavy atom. The number of carbonyl (C=O) groups excluding carboxylic acids is 1. The zero-order valence-electron chi connectivity index (χ0n) is 17.4. The van der Waals surface area contributed by atoms with Gasteiger partial charge < -0.3 is 24.8 Å². The predicted molar refractivity (Wildman–Crippen MR) is 121 cm³/mol. The Bertz CT molecular complexity index is 1050. The van der Waals surface area contributed by atoms with Gasteiger partial charge in [-0.1, -0.05) is 11.6 Å². The molecule has 164 valence electrons. The Labute approximate surface area is 185 Å². The maximum absolute atomic E-state index is 13.3. The number of ether oxygens (including phenoxy) is 1. The van der Waals surface area contributed by atoms with Crippen LogP contribution in [-0.4, -0.2) is 54.3 Å². The molecular weight excluding hydrogens is 419 g/mol. The van der Waals surface area contributed by atoms with E-state index >= 15 is 0 Å². The second-order valence-corrected chi connectivity index (χ2v) is 8.15.